The van der Waals surface area contributed by atoms with Crippen molar-refractivity contribution in [2.24, 2.45) is 0 Å². The molecule has 0 N–H and O–H groups in total. The fourth-order valence-electron chi connectivity index (χ4n) is 7.61. The number of thiophene rings is 1. The molecule has 0 aliphatic heterocycles. The maximum Gasteiger partial charge on any atom is 0.0547 e. The van der Waals surface area contributed by atoms with E-state index in [0.29, 0.717) is 0 Å². The van der Waals surface area contributed by atoms with Crippen LogP contribution in [0.1, 0.15) is 0 Å². The fraction of sp³-hybridized carbons (Fsp3) is 0. The zero-order valence-corrected chi connectivity index (χ0v) is 29.2. The molecule has 2 heteroatoms. The topological polar surface area (TPSA) is 3.24 Å². The molecular formula is C50H33NS. The summed E-state index contributed by atoms with van der Waals surface area (Å²) in [5.74, 6) is 0. The Morgan fingerprint density at radius 3 is 1.52 bits per heavy atom. The van der Waals surface area contributed by atoms with Gasteiger partial charge in [-0.05, 0) is 86.6 Å². The van der Waals surface area contributed by atoms with Crippen LogP contribution in [0.5, 0.6) is 0 Å². The molecule has 1 nitrogen and oxygen atoms in total. The number of benzene rings is 9. The molecule has 0 amide bonds. The Morgan fingerprint density at radius 2 is 0.827 bits per heavy atom. The van der Waals surface area contributed by atoms with Crippen LogP contribution < -0.4 is 4.90 Å². The van der Waals surface area contributed by atoms with Gasteiger partial charge in [0.1, 0.15) is 0 Å². The van der Waals surface area contributed by atoms with Crippen molar-refractivity contribution in [1.82, 2.24) is 0 Å². The smallest absolute Gasteiger partial charge is 0.0547 e. The summed E-state index contributed by atoms with van der Waals surface area (Å²) < 4.78 is 2.63. The summed E-state index contributed by atoms with van der Waals surface area (Å²) in [7, 11) is 0. The highest BCUT2D eigenvalue weighted by Crippen LogP contribution is 2.47. The van der Waals surface area contributed by atoms with Gasteiger partial charge in [0.25, 0.3) is 0 Å². The molecule has 1 aromatic heterocycles. The number of anilines is 3. The first-order chi connectivity index (χ1) is 25.8. The van der Waals surface area contributed by atoms with Gasteiger partial charge in [-0.2, -0.15) is 0 Å². The van der Waals surface area contributed by atoms with Crippen molar-refractivity contribution in [3.8, 4) is 33.4 Å². The molecule has 10 aromatic rings. The zero-order chi connectivity index (χ0) is 34.4. The lowest BCUT2D eigenvalue weighted by molar-refractivity contribution is 1.31. The normalized spacial score (nSPS) is 11.5. The van der Waals surface area contributed by atoms with Crippen LogP contribution in [0.3, 0.4) is 0 Å². The third-order valence-corrected chi connectivity index (χ3v) is 11.5. The molecule has 0 atom stereocenters. The Morgan fingerprint density at radius 1 is 0.308 bits per heavy atom. The first-order valence-corrected chi connectivity index (χ1v) is 18.6. The Hall–Kier alpha value is -6.48. The van der Waals surface area contributed by atoms with Crippen LogP contribution in [0.15, 0.2) is 200 Å². The minimum atomic E-state index is 1.12. The predicted octanol–water partition coefficient (Wildman–Crippen LogP) is 14.8. The van der Waals surface area contributed by atoms with Crippen LogP contribution in [0.2, 0.25) is 0 Å². The van der Waals surface area contributed by atoms with E-state index in [1.54, 1.807) is 0 Å². The van der Waals surface area contributed by atoms with E-state index < -0.39 is 0 Å². The van der Waals surface area contributed by atoms with Gasteiger partial charge in [-0.15, -0.1) is 11.3 Å². The summed E-state index contributed by atoms with van der Waals surface area (Å²) in [5.41, 5.74) is 10.7. The molecule has 244 valence electrons. The monoisotopic (exact) mass is 679 g/mol. The molecule has 9 aromatic carbocycles. The SMILES string of the molecule is c1ccc(-c2ccc(-c3ccc(N(c4ccc5ccccc5c4)c4cc5c6cc(-c7ccccc7)ccc6sc5c5ccccc45)cc3)cc2)cc1. The largest absolute Gasteiger partial charge is 0.310 e. The lowest BCUT2D eigenvalue weighted by Gasteiger charge is -2.28. The van der Waals surface area contributed by atoms with Crippen molar-refractivity contribution in [2.75, 3.05) is 4.90 Å². The molecule has 0 fully saturated rings. The number of nitrogens with zero attached hydrogens (tertiary/aromatic N) is 1. The van der Waals surface area contributed by atoms with Crippen LogP contribution in [0, 0.1) is 0 Å². The molecule has 0 aliphatic rings. The van der Waals surface area contributed by atoms with Gasteiger partial charge in [-0.1, -0.05) is 158 Å². The number of hydrogen-bond donors (Lipinski definition) is 0. The van der Waals surface area contributed by atoms with Gasteiger partial charge in [-0.25, -0.2) is 0 Å². The fourth-order valence-corrected chi connectivity index (χ4v) is 8.81. The Bertz CT molecular complexity index is 2870. The van der Waals surface area contributed by atoms with E-state index in [2.05, 4.69) is 205 Å². The summed E-state index contributed by atoms with van der Waals surface area (Å²) in [6.07, 6.45) is 0. The lowest BCUT2D eigenvalue weighted by atomic mass is 9.98. The van der Waals surface area contributed by atoms with E-state index in [4.69, 9.17) is 0 Å². The van der Waals surface area contributed by atoms with E-state index >= 15 is 0 Å². The zero-order valence-electron chi connectivity index (χ0n) is 28.4. The van der Waals surface area contributed by atoms with Crippen molar-refractivity contribution >= 4 is 70.1 Å². The number of fused-ring (bicyclic) bond motifs is 6. The van der Waals surface area contributed by atoms with Gasteiger partial charge >= 0.3 is 0 Å². The van der Waals surface area contributed by atoms with Crippen LogP contribution in [0.25, 0.3) is 75.1 Å². The highest BCUT2D eigenvalue weighted by Gasteiger charge is 2.20. The molecule has 0 spiro atoms. The second-order valence-electron chi connectivity index (χ2n) is 13.4. The third kappa shape index (κ3) is 5.33. The molecular weight excluding hydrogens is 647 g/mol. The predicted molar refractivity (Wildman–Crippen MR) is 225 cm³/mol. The molecule has 1 heterocycles. The first kappa shape index (κ1) is 30.4. The van der Waals surface area contributed by atoms with Gasteiger partial charge in [0.05, 0.1) is 5.69 Å². The van der Waals surface area contributed by atoms with E-state index in [-0.39, 0.29) is 0 Å². The number of hydrogen-bond acceptors (Lipinski definition) is 2. The summed E-state index contributed by atoms with van der Waals surface area (Å²) in [6.45, 7) is 0. The molecule has 0 saturated heterocycles. The summed E-state index contributed by atoms with van der Waals surface area (Å²) in [5, 5.41) is 7.54. The highest BCUT2D eigenvalue weighted by atomic mass is 32.1. The van der Waals surface area contributed by atoms with Gasteiger partial charge in [-0.3, -0.25) is 0 Å². The van der Waals surface area contributed by atoms with Crippen LogP contribution >= 0.6 is 11.3 Å². The number of rotatable bonds is 6. The van der Waals surface area contributed by atoms with Crippen LogP contribution in [-0.4, -0.2) is 0 Å². The van der Waals surface area contributed by atoms with Gasteiger partial charge in [0.15, 0.2) is 0 Å². The summed E-state index contributed by atoms with van der Waals surface area (Å²) in [6, 6.07) is 72.9. The Labute approximate surface area is 307 Å². The average molecular weight is 680 g/mol. The minimum Gasteiger partial charge on any atom is -0.310 e. The highest BCUT2D eigenvalue weighted by molar-refractivity contribution is 7.26. The van der Waals surface area contributed by atoms with E-state index in [0.717, 1.165) is 11.4 Å². The van der Waals surface area contributed by atoms with E-state index in [9.17, 15) is 0 Å². The third-order valence-electron chi connectivity index (χ3n) is 10.2. The molecule has 0 bridgehead atoms. The van der Waals surface area contributed by atoms with E-state index in [1.165, 1.54) is 80.8 Å². The quantitative estimate of drug-likeness (QED) is 0.169. The molecule has 10 rings (SSSR count). The second kappa shape index (κ2) is 12.7. The maximum absolute atomic E-state index is 2.45. The molecule has 0 aliphatic carbocycles. The molecule has 52 heavy (non-hydrogen) atoms. The van der Waals surface area contributed by atoms with Crippen molar-refractivity contribution in [3.05, 3.63) is 200 Å². The maximum atomic E-state index is 2.45. The van der Waals surface area contributed by atoms with Crippen LogP contribution in [0.4, 0.5) is 17.1 Å². The lowest BCUT2D eigenvalue weighted by Crippen LogP contribution is -2.10. The molecule has 0 saturated carbocycles. The van der Waals surface area contributed by atoms with Gasteiger partial charge < -0.3 is 4.90 Å². The molecule has 0 radical (unpaired) electrons. The van der Waals surface area contributed by atoms with Crippen molar-refractivity contribution < 1.29 is 0 Å². The summed E-state index contributed by atoms with van der Waals surface area (Å²) in [4.78, 5) is 2.45. The Balaban J connectivity index is 1.15. The van der Waals surface area contributed by atoms with Crippen molar-refractivity contribution in [1.29, 1.82) is 0 Å². The minimum absolute atomic E-state index is 1.12. The van der Waals surface area contributed by atoms with Gasteiger partial charge in [0, 0.05) is 42.3 Å². The van der Waals surface area contributed by atoms with Crippen LogP contribution in [-0.2, 0) is 0 Å². The van der Waals surface area contributed by atoms with Gasteiger partial charge in [0.2, 0.25) is 0 Å². The molecule has 0 unspecified atom stereocenters. The first-order valence-electron chi connectivity index (χ1n) is 17.8. The summed E-state index contributed by atoms with van der Waals surface area (Å²) >= 11 is 1.89. The van der Waals surface area contributed by atoms with Crippen molar-refractivity contribution in [3.63, 3.8) is 0 Å². The van der Waals surface area contributed by atoms with Crippen molar-refractivity contribution in [2.45, 2.75) is 0 Å². The Kier molecular flexibility index (Phi) is 7.41. The second-order valence-corrected chi connectivity index (χ2v) is 14.4. The van der Waals surface area contributed by atoms with E-state index in [1.807, 2.05) is 11.3 Å². The standard InChI is InChI=1S/C50H33NS/c1-3-11-34(12-4-1)37-19-21-38(22-20-37)39-23-27-42(28-24-39)51(43-29-25-36-15-7-8-16-40(36)31-43)48-33-47-46-32-41(35-13-5-2-6-14-35)26-30-49(46)52-50(47)45-18-10-9-17-44(45)48/h1-33H. The average Bonchev–Trinajstić information content (AvgIpc) is 3.60.